The lowest BCUT2D eigenvalue weighted by Crippen LogP contribution is -2.23. The summed E-state index contributed by atoms with van der Waals surface area (Å²) in [6.07, 6.45) is 2.83. The molecular formula is C14H17IN2S. The van der Waals surface area contributed by atoms with E-state index in [-0.39, 0.29) is 0 Å². The summed E-state index contributed by atoms with van der Waals surface area (Å²) < 4.78 is 1.34. The number of aromatic nitrogens is 1. The van der Waals surface area contributed by atoms with Crippen LogP contribution in [0.15, 0.2) is 29.8 Å². The summed E-state index contributed by atoms with van der Waals surface area (Å²) in [5.74, 6) is 0. The smallest absolute Gasteiger partial charge is 0.0656 e. The molecule has 2 heterocycles. The third-order valence-corrected chi connectivity index (χ3v) is 4.76. The number of likely N-dealkylation sites (N-methyl/N-ethyl adjacent to an activating group) is 1. The van der Waals surface area contributed by atoms with Gasteiger partial charge in [-0.2, -0.15) is 0 Å². The van der Waals surface area contributed by atoms with E-state index in [1.807, 2.05) is 12.3 Å². The zero-order valence-electron chi connectivity index (χ0n) is 10.6. The fourth-order valence-electron chi connectivity index (χ4n) is 1.99. The Balaban J connectivity index is 2.19. The summed E-state index contributed by atoms with van der Waals surface area (Å²) in [7, 11) is 0. The van der Waals surface area contributed by atoms with Crippen molar-refractivity contribution in [1.29, 1.82) is 0 Å². The van der Waals surface area contributed by atoms with E-state index >= 15 is 0 Å². The van der Waals surface area contributed by atoms with E-state index in [2.05, 4.69) is 64.3 Å². The molecule has 0 spiro atoms. The van der Waals surface area contributed by atoms with Crippen molar-refractivity contribution in [1.82, 2.24) is 10.3 Å². The number of hydrogen-bond acceptors (Lipinski definition) is 3. The Labute approximate surface area is 126 Å². The molecule has 0 aliphatic rings. The van der Waals surface area contributed by atoms with Crippen molar-refractivity contribution in [2.45, 2.75) is 26.3 Å². The highest BCUT2D eigenvalue weighted by molar-refractivity contribution is 14.1. The van der Waals surface area contributed by atoms with Crippen LogP contribution < -0.4 is 5.32 Å². The van der Waals surface area contributed by atoms with Gasteiger partial charge in [0.2, 0.25) is 0 Å². The topological polar surface area (TPSA) is 24.9 Å². The van der Waals surface area contributed by atoms with Gasteiger partial charge in [-0.3, -0.25) is 4.98 Å². The molecule has 0 saturated carbocycles. The SMILES string of the molecule is CCNC(Cc1ncccc1C)c1csc(I)c1. The molecule has 2 aromatic rings. The zero-order chi connectivity index (χ0) is 13.0. The molecule has 2 rings (SSSR count). The lowest BCUT2D eigenvalue weighted by Gasteiger charge is -2.17. The van der Waals surface area contributed by atoms with Crippen LogP contribution in [0, 0.1) is 9.81 Å². The van der Waals surface area contributed by atoms with Gasteiger partial charge in [0.15, 0.2) is 0 Å². The van der Waals surface area contributed by atoms with Crippen LogP contribution in [0.4, 0.5) is 0 Å². The van der Waals surface area contributed by atoms with Crippen LogP contribution >= 0.6 is 33.9 Å². The van der Waals surface area contributed by atoms with Gasteiger partial charge in [-0.05, 0) is 64.7 Å². The molecule has 18 heavy (non-hydrogen) atoms. The number of aryl methyl sites for hydroxylation is 1. The quantitative estimate of drug-likeness (QED) is 0.804. The van der Waals surface area contributed by atoms with E-state index in [4.69, 9.17) is 0 Å². The first-order valence-corrected chi connectivity index (χ1v) is 8.04. The molecule has 1 N–H and O–H groups in total. The Hall–Kier alpha value is -0.460. The molecule has 1 unspecified atom stereocenters. The molecule has 0 aliphatic heterocycles. The van der Waals surface area contributed by atoms with Crippen molar-refractivity contribution in [3.05, 3.63) is 49.5 Å². The Bertz CT molecular complexity index is 510. The zero-order valence-corrected chi connectivity index (χ0v) is 13.6. The van der Waals surface area contributed by atoms with Crippen LogP contribution in [0.25, 0.3) is 0 Å². The molecule has 2 nitrogen and oxygen atoms in total. The van der Waals surface area contributed by atoms with Crippen molar-refractivity contribution < 1.29 is 0 Å². The summed E-state index contributed by atoms with van der Waals surface area (Å²) in [4.78, 5) is 4.49. The number of thiophene rings is 1. The Morgan fingerprint density at radius 3 is 2.94 bits per heavy atom. The third-order valence-electron chi connectivity index (χ3n) is 2.96. The lowest BCUT2D eigenvalue weighted by atomic mass is 10.0. The number of pyridine rings is 1. The van der Waals surface area contributed by atoms with Crippen LogP contribution in [0.3, 0.4) is 0 Å². The molecule has 2 aromatic heterocycles. The van der Waals surface area contributed by atoms with E-state index < -0.39 is 0 Å². The van der Waals surface area contributed by atoms with Gasteiger partial charge in [0.25, 0.3) is 0 Å². The second kappa shape index (κ2) is 6.63. The first-order valence-electron chi connectivity index (χ1n) is 6.08. The number of nitrogens with one attached hydrogen (secondary N) is 1. The van der Waals surface area contributed by atoms with E-state index in [1.165, 1.54) is 19.7 Å². The van der Waals surface area contributed by atoms with E-state index in [9.17, 15) is 0 Å². The minimum Gasteiger partial charge on any atom is -0.310 e. The second-order valence-electron chi connectivity index (χ2n) is 4.27. The van der Waals surface area contributed by atoms with Gasteiger partial charge in [0.1, 0.15) is 0 Å². The molecule has 0 amide bonds. The molecule has 0 bridgehead atoms. The largest absolute Gasteiger partial charge is 0.310 e. The lowest BCUT2D eigenvalue weighted by molar-refractivity contribution is 0.544. The van der Waals surface area contributed by atoms with Crippen molar-refractivity contribution in [3.8, 4) is 0 Å². The minimum atomic E-state index is 0.364. The first kappa shape index (κ1) is 14.0. The van der Waals surface area contributed by atoms with E-state index in [0.717, 1.165) is 13.0 Å². The Kier molecular flexibility index (Phi) is 5.14. The molecular weight excluding hydrogens is 355 g/mol. The maximum atomic E-state index is 4.49. The second-order valence-corrected chi connectivity index (χ2v) is 7.07. The summed E-state index contributed by atoms with van der Waals surface area (Å²) >= 11 is 4.17. The number of halogens is 1. The van der Waals surface area contributed by atoms with E-state index in [0.29, 0.717) is 6.04 Å². The Morgan fingerprint density at radius 1 is 1.50 bits per heavy atom. The molecule has 1 atom stereocenters. The first-order chi connectivity index (χ1) is 8.70. The summed E-state index contributed by atoms with van der Waals surface area (Å²) in [5.41, 5.74) is 3.83. The predicted molar refractivity (Wildman–Crippen MR) is 86.1 cm³/mol. The average Bonchev–Trinajstić information content (AvgIpc) is 2.78. The monoisotopic (exact) mass is 372 g/mol. The van der Waals surface area contributed by atoms with Gasteiger partial charge in [-0.1, -0.05) is 13.0 Å². The maximum Gasteiger partial charge on any atom is 0.0656 e. The number of hydrogen-bond donors (Lipinski definition) is 1. The van der Waals surface area contributed by atoms with Gasteiger partial charge in [-0.15, -0.1) is 11.3 Å². The number of rotatable bonds is 5. The molecule has 0 fully saturated rings. The van der Waals surface area contributed by atoms with Crippen molar-refractivity contribution in [2.24, 2.45) is 0 Å². The predicted octanol–water partition coefficient (Wildman–Crippen LogP) is 3.95. The summed E-state index contributed by atoms with van der Waals surface area (Å²) in [6, 6.07) is 6.75. The van der Waals surface area contributed by atoms with Crippen LogP contribution in [0.1, 0.15) is 29.8 Å². The van der Waals surface area contributed by atoms with Crippen molar-refractivity contribution in [2.75, 3.05) is 6.54 Å². The highest BCUT2D eigenvalue weighted by Crippen LogP contribution is 2.25. The van der Waals surface area contributed by atoms with Crippen LogP contribution in [0.2, 0.25) is 0 Å². The molecule has 0 radical (unpaired) electrons. The van der Waals surface area contributed by atoms with Gasteiger partial charge in [-0.25, -0.2) is 0 Å². The van der Waals surface area contributed by atoms with Crippen LogP contribution in [-0.2, 0) is 6.42 Å². The minimum absolute atomic E-state index is 0.364. The van der Waals surface area contributed by atoms with Crippen LogP contribution in [-0.4, -0.2) is 11.5 Å². The standard InChI is InChI=1S/C14H17IN2S/c1-3-16-13(11-7-14(15)18-9-11)8-12-10(2)5-4-6-17-12/h4-7,9,13,16H,3,8H2,1-2H3. The number of nitrogens with zero attached hydrogens (tertiary/aromatic N) is 1. The maximum absolute atomic E-state index is 4.49. The van der Waals surface area contributed by atoms with E-state index in [1.54, 1.807) is 11.3 Å². The third kappa shape index (κ3) is 3.52. The average molecular weight is 372 g/mol. The van der Waals surface area contributed by atoms with Crippen molar-refractivity contribution in [3.63, 3.8) is 0 Å². The molecule has 96 valence electrons. The Morgan fingerprint density at radius 2 is 2.33 bits per heavy atom. The molecule has 0 aromatic carbocycles. The normalized spacial score (nSPS) is 12.6. The summed E-state index contributed by atoms with van der Waals surface area (Å²) in [5, 5.41) is 5.79. The van der Waals surface area contributed by atoms with Gasteiger partial charge < -0.3 is 5.32 Å². The van der Waals surface area contributed by atoms with Crippen LogP contribution in [0.5, 0.6) is 0 Å². The highest BCUT2D eigenvalue weighted by atomic mass is 127. The van der Waals surface area contributed by atoms with Gasteiger partial charge in [0.05, 0.1) is 2.88 Å². The van der Waals surface area contributed by atoms with Gasteiger partial charge >= 0.3 is 0 Å². The fraction of sp³-hybridized carbons (Fsp3) is 0.357. The van der Waals surface area contributed by atoms with Gasteiger partial charge in [0, 0.05) is 24.4 Å². The van der Waals surface area contributed by atoms with Crippen molar-refractivity contribution >= 4 is 33.9 Å². The molecule has 0 aliphatic carbocycles. The summed E-state index contributed by atoms with van der Waals surface area (Å²) in [6.45, 7) is 5.25. The highest BCUT2D eigenvalue weighted by Gasteiger charge is 2.14. The fourth-order valence-corrected chi connectivity index (χ4v) is 3.41. The molecule has 4 heteroatoms. The molecule has 0 saturated heterocycles.